The first-order valence-corrected chi connectivity index (χ1v) is 9.71. The second-order valence-corrected chi connectivity index (χ2v) is 6.72. The van der Waals surface area contributed by atoms with E-state index in [1.165, 1.54) is 44.9 Å². The number of carbonyl (C=O) groups is 1. The van der Waals surface area contributed by atoms with Crippen molar-refractivity contribution in [3.63, 3.8) is 0 Å². The highest BCUT2D eigenvalue weighted by atomic mass is 35.5. The zero-order chi connectivity index (χ0) is 18.5. The molecule has 0 aromatic heterocycles. The molecular formula is C20H32ClNO3. The van der Waals surface area contributed by atoms with Crippen molar-refractivity contribution in [1.29, 1.82) is 0 Å². The minimum atomic E-state index is -0.00868. The fourth-order valence-corrected chi connectivity index (χ4v) is 3.00. The monoisotopic (exact) mass is 369 g/mol. The Morgan fingerprint density at radius 3 is 2.04 bits per heavy atom. The minimum Gasteiger partial charge on any atom is -0.495 e. The summed E-state index contributed by atoms with van der Waals surface area (Å²) in [6, 6.07) is 3.34. The zero-order valence-corrected chi connectivity index (χ0v) is 16.6. The SMILES string of the molecule is CCCCCCCCCCCC(=O)Nc1cc(OC)c(Cl)cc1OC. The highest BCUT2D eigenvalue weighted by Crippen LogP contribution is 2.35. The molecule has 142 valence electrons. The number of amides is 1. The number of nitrogens with one attached hydrogen (secondary N) is 1. The van der Waals surface area contributed by atoms with E-state index in [1.807, 2.05) is 0 Å². The molecule has 0 fully saturated rings. The fourth-order valence-electron chi connectivity index (χ4n) is 2.77. The van der Waals surface area contributed by atoms with Crippen molar-refractivity contribution in [2.45, 2.75) is 71.1 Å². The molecule has 0 bridgehead atoms. The minimum absolute atomic E-state index is 0.00868. The molecule has 1 aromatic rings. The van der Waals surface area contributed by atoms with Gasteiger partial charge >= 0.3 is 0 Å². The van der Waals surface area contributed by atoms with E-state index in [0.717, 1.165) is 12.8 Å². The fraction of sp³-hybridized carbons (Fsp3) is 0.650. The van der Waals surface area contributed by atoms with Gasteiger partial charge in [-0.25, -0.2) is 0 Å². The lowest BCUT2D eigenvalue weighted by molar-refractivity contribution is -0.116. The molecular weight excluding hydrogens is 338 g/mol. The topological polar surface area (TPSA) is 47.6 Å². The van der Waals surface area contributed by atoms with Crippen LogP contribution in [0, 0.1) is 0 Å². The van der Waals surface area contributed by atoms with Gasteiger partial charge in [-0.1, -0.05) is 69.9 Å². The average molecular weight is 370 g/mol. The molecule has 0 aliphatic heterocycles. The van der Waals surface area contributed by atoms with Crippen LogP contribution >= 0.6 is 11.6 Å². The van der Waals surface area contributed by atoms with E-state index in [4.69, 9.17) is 21.1 Å². The maximum Gasteiger partial charge on any atom is 0.224 e. The van der Waals surface area contributed by atoms with Crippen molar-refractivity contribution in [1.82, 2.24) is 0 Å². The highest BCUT2D eigenvalue weighted by Gasteiger charge is 2.12. The molecule has 1 rings (SSSR count). The van der Waals surface area contributed by atoms with Crippen LogP contribution in [0.15, 0.2) is 12.1 Å². The van der Waals surface area contributed by atoms with Gasteiger partial charge in [-0.3, -0.25) is 4.79 Å². The van der Waals surface area contributed by atoms with Crippen molar-refractivity contribution in [2.75, 3.05) is 19.5 Å². The first-order chi connectivity index (χ1) is 12.1. The second kappa shape index (κ2) is 12.9. The van der Waals surface area contributed by atoms with Gasteiger partial charge < -0.3 is 14.8 Å². The summed E-state index contributed by atoms with van der Waals surface area (Å²) in [5, 5.41) is 3.34. The summed E-state index contributed by atoms with van der Waals surface area (Å²) in [6.07, 6.45) is 11.6. The summed E-state index contributed by atoms with van der Waals surface area (Å²) in [6.45, 7) is 2.24. The quantitative estimate of drug-likeness (QED) is 0.420. The van der Waals surface area contributed by atoms with Crippen LogP contribution in [-0.2, 0) is 4.79 Å². The van der Waals surface area contributed by atoms with Gasteiger partial charge in [-0.15, -0.1) is 0 Å². The van der Waals surface area contributed by atoms with Gasteiger partial charge in [-0.2, -0.15) is 0 Å². The summed E-state index contributed by atoms with van der Waals surface area (Å²) < 4.78 is 10.5. The third-order valence-corrected chi connectivity index (χ3v) is 4.55. The van der Waals surface area contributed by atoms with Gasteiger partial charge in [0.25, 0.3) is 0 Å². The van der Waals surface area contributed by atoms with E-state index >= 15 is 0 Å². The Morgan fingerprint density at radius 1 is 0.920 bits per heavy atom. The van der Waals surface area contributed by atoms with Crippen LogP contribution in [0.3, 0.4) is 0 Å². The lowest BCUT2D eigenvalue weighted by Crippen LogP contribution is -2.12. The first kappa shape index (κ1) is 21.6. The van der Waals surface area contributed by atoms with Gasteiger partial charge in [0.2, 0.25) is 5.91 Å². The summed E-state index contributed by atoms with van der Waals surface area (Å²) in [7, 11) is 3.09. The Bertz CT molecular complexity index is 520. The lowest BCUT2D eigenvalue weighted by Gasteiger charge is -2.13. The van der Waals surface area contributed by atoms with E-state index in [-0.39, 0.29) is 5.91 Å². The third-order valence-electron chi connectivity index (χ3n) is 4.26. The molecule has 4 nitrogen and oxygen atoms in total. The van der Waals surface area contributed by atoms with E-state index in [1.54, 1.807) is 26.4 Å². The van der Waals surface area contributed by atoms with Crippen molar-refractivity contribution in [2.24, 2.45) is 0 Å². The van der Waals surface area contributed by atoms with Crippen LogP contribution in [0.5, 0.6) is 11.5 Å². The smallest absolute Gasteiger partial charge is 0.224 e. The van der Waals surface area contributed by atoms with Crippen LogP contribution in [0.4, 0.5) is 5.69 Å². The predicted molar refractivity (Wildman–Crippen MR) is 105 cm³/mol. The Morgan fingerprint density at radius 2 is 1.48 bits per heavy atom. The molecule has 5 heteroatoms. The zero-order valence-electron chi connectivity index (χ0n) is 15.8. The van der Waals surface area contributed by atoms with Crippen LogP contribution < -0.4 is 14.8 Å². The number of unbranched alkanes of at least 4 members (excludes halogenated alkanes) is 8. The molecule has 1 aromatic carbocycles. The maximum atomic E-state index is 12.1. The van der Waals surface area contributed by atoms with Crippen molar-refractivity contribution < 1.29 is 14.3 Å². The summed E-state index contributed by atoms with van der Waals surface area (Å²) in [5.41, 5.74) is 0.588. The Balaban J connectivity index is 2.28. The van der Waals surface area contributed by atoms with Gasteiger partial charge in [-0.05, 0) is 6.42 Å². The van der Waals surface area contributed by atoms with Gasteiger partial charge in [0.15, 0.2) is 0 Å². The number of hydrogen-bond acceptors (Lipinski definition) is 3. The molecule has 0 saturated heterocycles. The largest absolute Gasteiger partial charge is 0.495 e. The number of benzene rings is 1. The summed E-state index contributed by atoms with van der Waals surface area (Å²) in [5.74, 6) is 1.04. The molecule has 0 unspecified atom stereocenters. The van der Waals surface area contributed by atoms with E-state index < -0.39 is 0 Å². The number of methoxy groups -OCH3 is 2. The molecule has 0 aliphatic rings. The number of hydrogen-bond donors (Lipinski definition) is 1. The van der Waals surface area contributed by atoms with Crippen molar-refractivity contribution in [3.8, 4) is 11.5 Å². The second-order valence-electron chi connectivity index (χ2n) is 6.31. The first-order valence-electron chi connectivity index (χ1n) is 9.33. The summed E-state index contributed by atoms with van der Waals surface area (Å²) in [4.78, 5) is 12.1. The Hall–Kier alpha value is -1.42. The molecule has 0 aliphatic carbocycles. The molecule has 0 atom stereocenters. The van der Waals surface area contributed by atoms with Crippen LogP contribution in [0.25, 0.3) is 0 Å². The number of ether oxygens (including phenoxy) is 2. The normalized spacial score (nSPS) is 10.6. The molecule has 25 heavy (non-hydrogen) atoms. The molecule has 0 heterocycles. The van der Waals surface area contributed by atoms with Gasteiger partial charge in [0.05, 0.1) is 24.9 Å². The number of rotatable bonds is 13. The molecule has 0 saturated carbocycles. The van der Waals surface area contributed by atoms with Gasteiger partial charge in [0, 0.05) is 18.6 Å². The van der Waals surface area contributed by atoms with Crippen LogP contribution in [-0.4, -0.2) is 20.1 Å². The average Bonchev–Trinajstić information content (AvgIpc) is 2.61. The highest BCUT2D eigenvalue weighted by molar-refractivity contribution is 6.32. The maximum absolute atomic E-state index is 12.1. The predicted octanol–water partition coefficient (Wildman–Crippen LogP) is 6.22. The number of carbonyl (C=O) groups excluding carboxylic acids is 1. The Labute approximate surface area is 157 Å². The van der Waals surface area contributed by atoms with Gasteiger partial charge in [0.1, 0.15) is 11.5 Å². The molecule has 0 radical (unpaired) electrons. The van der Waals surface area contributed by atoms with E-state index in [2.05, 4.69) is 12.2 Å². The third kappa shape index (κ3) is 8.48. The van der Waals surface area contributed by atoms with Crippen molar-refractivity contribution in [3.05, 3.63) is 17.2 Å². The van der Waals surface area contributed by atoms with Crippen molar-refractivity contribution >= 4 is 23.2 Å². The molecule has 1 N–H and O–H groups in total. The van der Waals surface area contributed by atoms with Crippen LogP contribution in [0.2, 0.25) is 5.02 Å². The standard InChI is InChI=1S/C20H32ClNO3/c1-4-5-6-7-8-9-10-11-12-13-20(23)22-17-15-18(24-2)16(21)14-19(17)25-3/h14-15H,4-13H2,1-3H3,(H,22,23). The number of anilines is 1. The number of halogens is 1. The molecule has 0 spiro atoms. The van der Waals surface area contributed by atoms with E-state index in [0.29, 0.717) is 28.6 Å². The lowest BCUT2D eigenvalue weighted by atomic mass is 10.1. The summed E-state index contributed by atoms with van der Waals surface area (Å²) >= 11 is 6.07. The van der Waals surface area contributed by atoms with E-state index in [9.17, 15) is 4.79 Å². The molecule has 1 amide bonds. The van der Waals surface area contributed by atoms with Crippen LogP contribution in [0.1, 0.15) is 71.1 Å². The Kier molecular flexibility index (Phi) is 11.1.